The zero-order valence-electron chi connectivity index (χ0n) is 11.6. The number of hydrogen-bond donors (Lipinski definition) is 2. The summed E-state index contributed by atoms with van der Waals surface area (Å²) < 4.78 is 31.4. The summed E-state index contributed by atoms with van der Waals surface area (Å²) in [6.45, 7) is 3.90. The number of anilines is 1. The molecule has 0 spiro atoms. The molecule has 112 valence electrons. The largest absolute Gasteiger partial charge is 0.393 e. The summed E-state index contributed by atoms with van der Waals surface area (Å²) in [6, 6.07) is 6.96. The number of rotatable bonds is 8. The molecule has 1 aromatic carbocycles. The molecule has 0 aromatic heterocycles. The van der Waals surface area contributed by atoms with Gasteiger partial charge in [0.05, 0.1) is 23.5 Å². The van der Waals surface area contributed by atoms with Crippen LogP contribution in [-0.2, 0) is 21.2 Å². The van der Waals surface area contributed by atoms with E-state index >= 15 is 0 Å². The highest BCUT2D eigenvalue weighted by Crippen LogP contribution is 2.12. The van der Waals surface area contributed by atoms with Crippen LogP contribution in [0.25, 0.3) is 0 Å². The molecule has 0 aliphatic rings. The van der Waals surface area contributed by atoms with E-state index < -0.39 is 10.0 Å². The Hall–Kier alpha value is -1.18. The Labute approximate surface area is 125 Å². The molecule has 1 rings (SSSR count). The average molecular weight is 316 g/mol. The Balaban J connectivity index is 2.56. The summed E-state index contributed by atoms with van der Waals surface area (Å²) in [5, 5.41) is 0. The van der Waals surface area contributed by atoms with Gasteiger partial charge in [-0.15, -0.1) is 0 Å². The monoisotopic (exact) mass is 316 g/mol. The van der Waals surface area contributed by atoms with Crippen LogP contribution in [0.15, 0.2) is 24.3 Å². The van der Waals surface area contributed by atoms with Crippen molar-refractivity contribution in [2.75, 3.05) is 17.1 Å². The van der Waals surface area contributed by atoms with Gasteiger partial charge in [-0.1, -0.05) is 24.4 Å². The van der Waals surface area contributed by atoms with E-state index in [1.54, 1.807) is 24.3 Å². The standard InChI is InChI=1S/C13H20N2O3S2/c1-10(2)18-7-8-20(16,17)15-12-5-3-11(4-6-12)9-13(14)19/h3-6,10,15H,7-9H2,1-2H3,(H2,14,19). The first-order chi connectivity index (χ1) is 9.28. The molecule has 0 amide bonds. The van der Waals surface area contributed by atoms with Crippen LogP contribution in [0, 0.1) is 0 Å². The van der Waals surface area contributed by atoms with E-state index in [0.717, 1.165) is 5.56 Å². The maximum atomic E-state index is 11.8. The van der Waals surface area contributed by atoms with Crippen LogP contribution < -0.4 is 10.5 Å². The first-order valence-electron chi connectivity index (χ1n) is 6.28. The minimum Gasteiger partial charge on any atom is -0.393 e. The highest BCUT2D eigenvalue weighted by molar-refractivity contribution is 7.92. The summed E-state index contributed by atoms with van der Waals surface area (Å²) in [6.07, 6.45) is 0.523. The first kappa shape index (κ1) is 16.9. The number of ether oxygens (including phenoxy) is 1. The molecule has 20 heavy (non-hydrogen) atoms. The second kappa shape index (κ2) is 7.56. The molecule has 1 aromatic rings. The van der Waals surface area contributed by atoms with Crippen molar-refractivity contribution in [1.29, 1.82) is 0 Å². The third-order valence-electron chi connectivity index (χ3n) is 2.41. The fourth-order valence-corrected chi connectivity index (χ4v) is 2.60. The van der Waals surface area contributed by atoms with Crippen molar-refractivity contribution < 1.29 is 13.2 Å². The van der Waals surface area contributed by atoms with Gasteiger partial charge in [-0.25, -0.2) is 8.42 Å². The van der Waals surface area contributed by atoms with Gasteiger partial charge in [0.25, 0.3) is 0 Å². The molecular weight excluding hydrogens is 296 g/mol. The van der Waals surface area contributed by atoms with Crippen molar-refractivity contribution in [2.24, 2.45) is 5.73 Å². The van der Waals surface area contributed by atoms with Gasteiger partial charge in [-0.3, -0.25) is 4.72 Å². The molecule has 0 heterocycles. The molecule has 0 aliphatic heterocycles. The zero-order valence-corrected chi connectivity index (χ0v) is 13.3. The van der Waals surface area contributed by atoms with Crippen LogP contribution in [0.4, 0.5) is 5.69 Å². The zero-order chi connectivity index (χ0) is 15.2. The fraction of sp³-hybridized carbons (Fsp3) is 0.462. The maximum absolute atomic E-state index is 11.8. The highest BCUT2D eigenvalue weighted by Gasteiger charge is 2.10. The molecule has 0 radical (unpaired) electrons. The van der Waals surface area contributed by atoms with E-state index in [-0.39, 0.29) is 18.5 Å². The van der Waals surface area contributed by atoms with E-state index in [9.17, 15) is 8.42 Å². The highest BCUT2D eigenvalue weighted by atomic mass is 32.2. The van der Waals surface area contributed by atoms with Gasteiger partial charge in [0.2, 0.25) is 10.0 Å². The molecule has 0 unspecified atom stereocenters. The Kier molecular flexibility index (Phi) is 6.38. The number of nitrogens with one attached hydrogen (secondary N) is 1. The van der Waals surface area contributed by atoms with Gasteiger partial charge in [-0.2, -0.15) is 0 Å². The van der Waals surface area contributed by atoms with Crippen LogP contribution in [0.1, 0.15) is 19.4 Å². The van der Waals surface area contributed by atoms with Gasteiger partial charge >= 0.3 is 0 Å². The minimum atomic E-state index is -3.39. The van der Waals surface area contributed by atoms with Crippen molar-refractivity contribution >= 4 is 32.9 Å². The number of nitrogens with two attached hydrogens (primary N) is 1. The summed E-state index contributed by atoms with van der Waals surface area (Å²) in [5.74, 6) is -0.0696. The number of sulfonamides is 1. The molecule has 0 saturated heterocycles. The van der Waals surface area contributed by atoms with Crippen molar-refractivity contribution in [3.63, 3.8) is 0 Å². The van der Waals surface area contributed by atoms with E-state index in [2.05, 4.69) is 4.72 Å². The predicted octanol–water partition coefficient (Wildman–Crippen LogP) is 1.68. The van der Waals surface area contributed by atoms with Crippen molar-refractivity contribution in [3.8, 4) is 0 Å². The van der Waals surface area contributed by atoms with Crippen LogP contribution in [0.5, 0.6) is 0 Å². The molecule has 7 heteroatoms. The lowest BCUT2D eigenvalue weighted by atomic mass is 10.1. The van der Waals surface area contributed by atoms with Crippen molar-refractivity contribution in [1.82, 2.24) is 0 Å². The molecule has 0 bridgehead atoms. The number of benzene rings is 1. The normalized spacial score (nSPS) is 11.6. The van der Waals surface area contributed by atoms with E-state index in [1.165, 1.54) is 0 Å². The Morgan fingerprint density at radius 3 is 2.45 bits per heavy atom. The number of thiocarbonyl (C=S) groups is 1. The predicted molar refractivity (Wildman–Crippen MR) is 85.4 cm³/mol. The summed E-state index contributed by atoms with van der Waals surface area (Å²) >= 11 is 4.82. The first-order valence-corrected chi connectivity index (χ1v) is 8.34. The molecule has 0 atom stereocenters. The van der Waals surface area contributed by atoms with Crippen LogP contribution in [0.2, 0.25) is 0 Å². The lowest BCUT2D eigenvalue weighted by molar-refractivity contribution is 0.0913. The van der Waals surface area contributed by atoms with Gasteiger partial charge < -0.3 is 10.5 Å². The molecule has 5 nitrogen and oxygen atoms in total. The van der Waals surface area contributed by atoms with Gasteiger partial charge in [-0.05, 0) is 31.5 Å². The molecule has 3 N–H and O–H groups in total. The molecule has 0 fully saturated rings. The lowest BCUT2D eigenvalue weighted by Crippen LogP contribution is -2.21. The molecule has 0 aliphatic carbocycles. The summed E-state index contributed by atoms with van der Waals surface area (Å²) in [4.78, 5) is 0.407. The minimum absolute atomic E-state index is 0.0181. The Bertz CT molecular complexity index is 539. The van der Waals surface area contributed by atoms with Crippen molar-refractivity contribution in [2.45, 2.75) is 26.4 Å². The Morgan fingerprint density at radius 2 is 1.95 bits per heavy atom. The SMILES string of the molecule is CC(C)OCCS(=O)(=O)Nc1ccc(CC(N)=S)cc1. The quantitative estimate of drug-likeness (QED) is 0.713. The topological polar surface area (TPSA) is 81.4 Å². The molecule has 0 saturated carbocycles. The van der Waals surface area contributed by atoms with Crippen molar-refractivity contribution in [3.05, 3.63) is 29.8 Å². The van der Waals surface area contributed by atoms with Crippen LogP contribution in [-0.4, -0.2) is 31.9 Å². The van der Waals surface area contributed by atoms with E-state index in [0.29, 0.717) is 17.1 Å². The van der Waals surface area contributed by atoms with Gasteiger partial charge in [0.1, 0.15) is 0 Å². The van der Waals surface area contributed by atoms with E-state index in [4.69, 9.17) is 22.7 Å². The fourth-order valence-electron chi connectivity index (χ4n) is 1.52. The van der Waals surface area contributed by atoms with Crippen LogP contribution in [0.3, 0.4) is 0 Å². The average Bonchev–Trinajstić information content (AvgIpc) is 2.29. The third kappa shape index (κ3) is 6.83. The smallest absolute Gasteiger partial charge is 0.234 e. The second-order valence-corrected chi connectivity index (χ2v) is 7.05. The third-order valence-corrected chi connectivity index (χ3v) is 3.80. The summed E-state index contributed by atoms with van der Waals surface area (Å²) in [5.41, 5.74) is 6.91. The number of hydrogen-bond acceptors (Lipinski definition) is 4. The molecular formula is C13H20N2O3S2. The maximum Gasteiger partial charge on any atom is 0.234 e. The van der Waals surface area contributed by atoms with Gasteiger partial charge in [0, 0.05) is 12.1 Å². The summed E-state index contributed by atoms with van der Waals surface area (Å²) in [7, 11) is -3.39. The Morgan fingerprint density at radius 1 is 1.35 bits per heavy atom. The van der Waals surface area contributed by atoms with E-state index in [1.807, 2.05) is 13.8 Å². The second-order valence-electron chi connectivity index (χ2n) is 4.68. The lowest BCUT2D eigenvalue weighted by Gasteiger charge is -2.10. The van der Waals surface area contributed by atoms with Crippen LogP contribution >= 0.6 is 12.2 Å². The van der Waals surface area contributed by atoms with Gasteiger partial charge in [0.15, 0.2) is 0 Å².